The number of amides is 1. The van der Waals surface area contributed by atoms with Gasteiger partial charge in [0.25, 0.3) is 5.69 Å². The van der Waals surface area contributed by atoms with Gasteiger partial charge in [-0.05, 0) is 30.7 Å². The SMILES string of the molecule is NCC(NC(=O)CCc1cccc([N+](=O)[O-])c1)C1CCCCC1. The maximum Gasteiger partial charge on any atom is 0.269 e. The van der Waals surface area contributed by atoms with Crippen molar-refractivity contribution in [2.45, 2.75) is 51.0 Å². The van der Waals surface area contributed by atoms with Crippen LogP contribution in [0.2, 0.25) is 0 Å². The first-order chi connectivity index (χ1) is 11.1. The van der Waals surface area contributed by atoms with Crippen LogP contribution in [0.25, 0.3) is 0 Å². The molecule has 6 heteroatoms. The highest BCUT2D eigenvalue weighted by Crippen LogP contribution is 2.26. The van der Waals surface area contributed by atoms with E-state index < -0.39 is 4.92 Å². The molecule has 23 heavy (non-hydrogen) atoms. The second-order valence-electron chi connectivity index (χ2n) is 6.23. The molecule has 0 saturated heterocycles. The van der Waals surface area contributed by atoms with Gasteiger partial charge < -0.3 is 11.1 Å². The molecule has 1 aromatic rings. The van der Waals surface area contributed by atoms with Gasteiger partial charge in [0.15, 0.2) is 0 Å². The molecule has 126 valence electrons. The van der Waals surface area contributed by atoms with Gasteiger partial charge in [-0.15, -0.1) is 0 Å². The summed E-state index contributed by atoms with van der Waals surface area (Å²) in [6.07, 6.45) is 6.78. The number of benzene rings is 1. The number of nitrogens with one attached hydrogen (secondary N) is 1. The molecule has 0 bridgehead atoms. The second-order valence-corrected chi connectivity index (χ2v) is 6.23. The van der Waals surface area contributed by atoms with E-state index in [0.29, 0.717) is 25.3 Å². The lowest BCUT2D eigenvalue weighted by atomic mass is 9.84. The van der Waals surface area contributed by atoms with Gasteiger partial charge in [0.1, 0.15) is 0 Å². The molecule has 0 heterocycles. The van der Waals surface area contributed by atoms with E-state index in [0.717, 1.165) is 18.4 Å². The number of aryl methyl sites for hydroxylation is 1. The minimum Gasteiger partial charge on any atom is -0.352 e. The van der Waals surface area contributed by atoms with Crippen LogP contribution in [0.5, 0.6) is 0 Å². The maximum absolute atomic E-state index is 12.1. The minimum atomic E-state index is -0.420. The highest BCUT2D eigenvalue weighted by Gasteiger charge is 2.23. The van der Waals surface area contributed by atoms with Crippen LogP contribution in [0.15, 0.2) is 24.3 Å². The van der Waals surface area contributed by atoms with Crippen molar-refractivity contribution in [1.82, 2.24) is 5.32 Å². The third-order valence-electron chi connectivity index (χ3n) is 4.58. The van der Waals surface area contributed by atoms with E-state index >= 15 is 0 Å². The minimum absolute atomic E-state index is 0.0301. The summed E-state index contributed by atoms with van der Waals surface area (Å²) in [5.41, 5.74) is 6.68. The number of non-ortho nitro benzene ring substituents is 1. The Kier molecular flexibility index (Phi) is 6.52. The van der Waals surface area contributed by atoms with Gasteiger partial charge in [-0.2, -0.15) is 0 Å². The first kappa shape index (κ1) is 17.4. The van der Waals surface area contributed by atoms with Crippen molar-refractivity contribution in [3.05, 3.63) is 39.9 Å². The molecular weight excluding hydrogens is 294 g/mol. The smallest absolute Gasteiger partial charge is 0.269 e. The van der Waals surface area contributed by atoms with E-state index in [1.807, 2.05) is 6.07 Å². The number of nitro groups is 1. The molecule has 1 atom stereocenters. The molecule has 1 saturated carbocycles. The van der Waals surface area contributed by atoms with Crippen molar-refractivity contribution in [3.8, 4) is 0 Å². The third-order valence-corrected chi connectivity index (χ3v) is 4.58. The van der Waals surface area contributed by atoms with Crippen LogP contribution in [0.1, 0.15) is 44.1 Å². The predicted molar refractivity (Wildman–Crippen MR) is 89.0 cm³/mol. The van der Waals surface area contributed by atoms with Crippen molar-refractivity contribution in [3.63, 3.8) is 0 Å². The van der Waals surface area contributed by atoms with Crippen LogP contribution in [-0.4, -0.2) is 23.4 Å². The Hall–Kier alpha value is -1.95. The fourth-order valence-electron chi connectivity index (χ4n) is 3.27. The quantitative estimate of drug-likeness (QED) is 0.596. The van der Waals surface area contributed by atoms with Crippen LogP contribution in [0, 0.1) is 16.0 Å². The summed E-state index contributed by atoms with van der Waals surface area (Å²) < 4.78 is 0. The van der Waals surface area contributed by atoms with Gasteiger partial charge >= 0.3 is 0 Å². The van der Waals surface area contributed by atoms with Crippen LogP contribution < -0.4 is 11.1 Å². The van der Waals surface area contributed by atoms with E-state index in [1.165, 1.54) is 31.4 Å². The summed E-state index contributed by atoms with van der Waals surface area (Å²) in [6.45, 7) is 0.465. The number of hydrogen-bond donors (Lipinski definition) is 2. The maximum atomic E-state index is 12.1. The Morgan fingerprint density at radius 3 is 2.74 bits per heavy atom. The monoisotopic (exact) mass is 319 g/mol. The highest BCUT2D eigenvalue weighted by molar-refractivity contribution is 5.76. The Balaban J connectivity index is 1.84. The molecular formula is C17H25N3O3. The number of nitrogens with zero attached hydrogens (tertiary/aromatic N) is 1. The average Bonchev–Trinajstić information content (AvgIpc) is 2.59. The van der Waals surface area contributed by atoms with Crippen LogP contribution in [-0.2, 0) is 11.2 Å². The molecule has 1 aliphatic rings. The molecule has 0 aromatic heterocycles. The standard InChI is InChI=1S/C17H25N3O3/c18-12-16(14-6-2-1-3-7-14)19-17(21)10-9-13-5-4-8-15(11-13)20(22)23/h4-5,8,11,14,16H,1-3,6-7,9-10,12,18H2,(H,19,21). The molecule has 3 N–H and O–H groups in total. The zero-order chi connectivity index (χ0) is 16.7. The summed E-state index contributed by atoms with van der Waals surface area (Å²) in [5.74, 6) is 0.452. The molecule has 0 spiro atoms. The molecule has 6 nitrogen and oxygen atoms in total. The lowest BCUT2D eigenvalue weighted by Gasteiger charge is -2.30. The van der Waals surface area contributed by atoms with Crippen molar-refractivity contribution < 1.29 is 9.72 Å². The van der Waals surface area contributed by atoms with Gasteiger partial charge in [-0.3, -0.25) is 14.9 Å². The fourth-order valence-corrected chi connectivity index (χ4v) is 3.27. The second kappa shape index (κ2) is 8.62. The van der Waals surface area contributed by atoms with Gasteiger partial charge in [-0.25, -0.2) is 0 Å². The van der Waals surface area contributed by atoms with E-state index in [1.54, 1.807) is 6.07 Å². The van der Waals surface area contributed by atoms with Gasteiger partial charge in [0, 0.05) is 31.1 Å². The van der Waals surface area contributed by atoms with Crippen molar-refractivity contribution in [2.24, 2.45) is 11.7 Å². The fraction of sp³-hybridized carbons (Fsp3) is 0.588. The topological polar surface area (TPSA) is 98.3 Å². The molecule has 1 amide bonds. The lowest BCUT2D eigenvalue weighted by molar-refractivity contribution is -0.384. The Labute approximate surface area is 136 Å². The third kappa shape index (κ3) is 5.32. The number of rotatable bonds is 7. The van der Waals surface area contributed by atoms with E-state index in [2.05, 4.69) is 5.32 Å². The largest absolute Gasteiger partial charge is 0.352 e. The summed E-state index contributed by atoms with van der Waals surface area (Å²) in [4.78, 5) is 22.5. The zero-order valence-electron chi connectivity index (χ0n) is 13.4. The summed E-state index contributed by atoms with van der Waals surface area (Å²) in [5, 5.41) is 13.8. The molecule has 1 aromatic carbocycles. The Morgan fingerprint density at radius 1 is 1.35 bits per heavy atom. The lowest BCUT2D eigenvalue weighted by Crippen LogP contribution is -2.45. The summed E-state index contributed by atoms with van der Waals surface area (Å²) >= 11 is 0. The van der Waals surface area contributed by atoms with Crippen LogP contribution in [0.4, 0.5) is 5.69 Å². The molecule has 1 fully saturated rings. The van der Waals surface area contributed by atoms with Crippen molar-refractivity contribution >= 4 is 11.6 Å². The van der Waals surface area contributed by atoms with Gasteiger partial charge in [-0.1, -0.05) is 31.4 Å². The number of nitro benzene ring substituents is 1. The number of hydrogen-bond acceptors (Lipinski definition) is 4. The highest BCUT2D eigenvalue weighted by atomic mass is 16.6. The molecule has 1 aliphatic carbocycles. The van der Waals surface area contributed by atoms with Gasteiger partial charge in [0.2, 0.25) is 5.91 Å². The Bertz CT molecular complexity index is 542. The number of carbonyl (C=O) groups is 1. The molecule has 0 radical (unpaired) electrons. The first-order valence-corrected chi connectivity index (χ1v) is 8.33. The zero-order valence-corrected chi connectivity index (χ0v) is 13.4. The van der Waals surface area contributed by atoms with E-state index in [4.69, 9.17) is 5.73 Å². The van der Waals surface area contributed by atoms with Gasteiger partial charge in [0.05, 0.1) is 4.92 Å². The first-order valence-electron chi connectivity index (χ1n) is 8.33. The van der Waals surface area contributed by atoms with Crippen molar-refractivity contribution in [2.75, 3.05) is 6.54 Å². The molecule has 1 unspecified atom stereocenters. The van der Waals surface area contributed by atoms with E-state index in [-0.39, 0.29) is 17.6 Å². The number of carbonyl (C=O) groups excluding carboxylic acids is 1. The van der Waals surface area contributed by atoms with Crippen molar-refractivity contribution in [1.29, 1.82) is 0 Å². The Morgan fingerprint density at radius 2 is 2.09 bits per heavy atom. The normalized spacial score (nSPS) is 16.7. The summed E-state index contributed by atoms with van der Waals surface area (Å²) in [6, 6.07) is 6.48. The predicted octanol–water partition coefficient (Wildman–Crippen LogP) is 2.55. The summed E-state index contributed by atoms with van der Waals surface area (Å²) in [7, 11) is 0. The van der Waals surface area contributed by atoms with Crippen LogP contribution >= 0.6 is 0 Å². The number of nitrogens with two attached hydrogens (primary N) is 1. The molecule has 0 aliphatic heterocycles. The van der Waals surface area contributed by atoms with E-state index in [9.17, 15) is 14.9 Å². The molecule has 2 rings (SSSR count). The van der Waals surface area contributed by atoms with Crippen LogP contribution in [0.3, 0.4) is 0 Å². The average molecular weight is 319 g/mol.